The zero-order valence-corrected chi connectivity index (χ0v) is 17.3. The molecule has 0 saturated heterocycles. The summed E-state index contributed by atoms with van der Waals surface area (Å²) in [5.74, 6) is 1.54. The van der Waals surface area contributed by atoms with Crippen molar-refractivity contribution in [3.63, 3.8) is 0 Å². The molecule has 4 heteroatoms. The van der Waals surface area contributed by atoms with Crippen LogP contribution in [0.15, 0.2) is 0 Å². The Morgan fingerprint density at radius 3 is 2.23 bits per heavy atom. The maximum atomic E-state index is 12.8. The Morgan fingerprint density at radius 2 is 1.65 bits per heavy atom. The van der Waals surface area contributed by atoms with Gasteiger partial charge in [0, 0.05) is 12.3 Å². The molecule has 26 heavy (non-hydrogen) atoms. The van der Waals surface area contributed by atoms with Gasteiger partial charge >= 0.3 is 5.97 Å². The van der Waals surface area contributed by atoms with Crippen LogP contribution < -0.4 is 0 Å². The summed E-state index contributed by atoms with van der Waals surface area (Å²) in [5.41, 5.74) is -1.06. The largest absolute Gasteiger partial charge is 0.460 e. The molecule has 3 aliphatic carbocycles. The molecular weight excluding hydrogens is 328 g/mol. The van der Waals surface area contributed by atoms with Crippen LogP contribution in [0.3, 0.4) is 0 Å². The lowest BCUT2D eigenvalue weighted by atomic mass is 9.59. The minimum absolute atomic E-state index is 0.0309. The third-order valence-electron chi connectivity index (χ3n) is 7.29. The van der Waals surface area contributed by atoms with Crippen molar-refractivity contribution >= 4 is 17.5 Å². The zero-order valence-electron chi connectivity index (χ0n) is 17.3. The molecule has 3 rings (SSSR count). The molecule has 0 aromatic heterocycles. The van der Waals surface area contributed by atoms with E-state index in [-0.39, 0.29) is 29.4 Å². The van der Waals surface area contributed by atoms with Gasteiger partial charge in [-0.05, 0) is 84.0 Å². The van der Waals surface area contributed by atoms with Crippen LogP contribution >= 0.6 is 0 Å². The predicted molar refractivity (Wildman–Crippen MR) is 99.3 cm³/mol. The van der Waals surface area contributed by atoms with Gasteiger partial charge in [0.1, 0.15) is 17.2 Å². The monoisotopic (exact) mass is 362 g/mol. The number of Topliss-reactive ketones (excluding diaryl/α,β-unsaturated/α-hetero) is 2. The SMILES string of the molecule is CC1C(=O)CC2C3CC(C(CC(C)(C)C(=O)OC(C)(C)C)C3C)C2C1=O. The van der Waals surface area contributed by atoms with Crippen molar-refractivity contribution in [1.82, 2.24) is 0 Å². The Morgan fingerprint density at radius 1 is 1.04 bits per heavy atom. The molecule has 7 atom stereocenters. The van der Waals surface area contributed by atoms with E-state index >= 15 is 0 Å². The average Bonchev–Trinajstić information content (AvgIpc) is 3.00. The first-order chi connectivity index (χ1) is 11.8. The number of hydrogen-bond acceptors (Lipinski definition) is 4. The molecule has 0 aromatic carbocycles. The van der Waals surface area contributed by atoms with Crippen LogP contribution in [0.1, 0.15) is 67.7 Å². The van der Waals surface area contributed by atoms with Crippen molar-refractivity contribution < 1.29 is 19.1 Å². The predicted octanol–water partition coefficient (Wildman–Crippen LogP) is 4.06. The summed E-state index contributed by atoms with van der Waals surface area (Å²) in [7, 11) is 0. The van der Waals surface area contributed by atoms with Crippen LogP contribution in [-0.2, 0) is 19.1 Å². The van der Waals surface area contributed by atoms with E-state index in [1.807, 2.05) is 34.6 Å². The highest BCUT2D eigenvalue weighted by molar-refractivity contribution is 6.05. The molecule has 4 nitrogen and oxygen atoms in total. The van der Waals surface area contributed by atoms with E-state index in [0.717, 1.165) is 12.8 Å². The van der Waals surface area contributed by atoms with E-state index in [1.165, 1.54) is 0 Å². The Hall–Kier alpha value is -1.19. The third-order valence-corrected chi connectivity index (χ3v) is 7.29. The number of fused-ring (bicyclic) bond motifs is 5. The Balaban J connectivity index is 1.78. The highest BCUT2D eigenvalue weighted by Crippen LogP contribution is 2.63. The molecule has 2 bridgehead atoms. The van der Waals surface area contributed by atoms with Crippen molar-refractivity contribution in [2.24, 2.45) is 46.8 Å². The molecular formula is C22H34O4. The molecule has 3 saturated carbocycles. The highest BCUT2D eigenvalue weighted by atomic mass is 16.6. The molecule has 0 aliphatic heterocycles. The normalized spacial score (nSPS) is 39.9. The molecule has 0 spiro atoms. The van der Waals surface area contributed by atoms with Crippen LogP contribution in [0.2, 0.25) is 0 Å². The minimum atomic E-state index is -0.564. The highest BCUT2D eigenvalue weighted by Gasteiger charge is 2.62. The first kappa shape index (κ1) is 19.6. The minimum Gasteiger partial charge on any atom is -0.460 e. The number of rotatable bonds is 3. The molecule has 0 amide bonds. The first-order valence-electron chi connectivity index (χ1n) is 10.1. The van der Waals surface area contributed by atoms with Crippen LogP contribution in [-0.4, -0.2) is 23.1 Å². The Kier molecular flexibility index (Phi) is 4.64. The maximum absolute atomic E-state index is 12.8. The van der Waals surface area contributed by atoms with Gasteiger partial charge in [-0.25, -0.2) is 0 Å². The van der Waals surface area contributed by atoms with Gasteiger partial charge in [-0.2, -0.15) is 0 Å². The van der Waals surface area contributed by atoms with Gasteiger partial charge in [-0.15, -0.1) is 0 Å². The van der Waals surface area contributed by atoms with Gasteiger partial charge in [0.2, 0.25) is 0 Å². The Bertz CT molecular complexity index is 627. The fourth-order valence-electron chi connectivity index (χ4n) is 5.96. The van der Waals surface area contributed by atoms with E-state index < -0.39 is 16.9 Å². The second-order valence-electron chi connectivity index (χ2n) is 10.7. The van der Waals surface area contributed by atoms with Gasteiger partial charge < -0.3 is 4.74 Å². The van der Waals surface area contributed by atoms with Crippen molar-refractivity contribution in [2.75, 3.05) is 0 Å². The second-order valence-corrected chi connectivity index (χ2v) is 10.7. The molecule has 7 unspecified atom stereocenters. The van der Waals surface area contributed by atoms with Gasteiger partial charge in [0.05, 0.1) is 11.3 Å². The quantitative estimate of drug-likeness (QED) is 0.561. The molecule has 3 aliphatic rings. The zero-order chi connectivity index (χ0) is 19.6. The van der Waals surface area contributed by atoms with Crippen molar-refractivity contribution in [1.29, 1.82) is 0 Å². The number of ether oxygens (including phenoxy) is 1. The summed E-state index contributed by atoms with van der Waals surface area (Å²) in [6, 6.07) is 0. The summed E-state index contributed by atoms with van der Waals surface area (Å²) in [6.45, 7) is 13.6. The lowest BCUT2D eigenvalue weighted by molar-refractivity contribution is -0.167. The molecule has 0 aromatic rings. The fourth-order valence-corrected chi connectivity index (χ4v) is 5.96. The summed E-state index contributed by atoms with van der Waals surface area (Å²) < 4.78 is 5.64. The number of ketones is 2. The van der Waals surface area contributed by atoms with Crippen molar-refractivity contribution in [2.45, 2.75) is 73.3 Å². The summed E-state index contributed by atoms with van der Waals surface area (Å²) in [5, 5.41) is 0. The lowest BCUT2D eigenvalue weighted by Crippen LogP contribution is -2.48. The smallest absolute Gasteiger partial charge is 0.312 e. The van der Waals surface area contributed by atoms with Crippen LogP contribution in [0, 0.1) is 46.8 Å². The lowest BCUT2D eigenvalue weighted by Gasteiger charge is -2.44. The number of hydrogen-bond donors (Lipinski definition) is 0. The Labute approximate surface area is 157 Å². The summed E-state index contributed by atoms with van der Waals surface area (Å²) in [4.78, 5) is 37.7. The summed E-state index contributed by atoms with van der Waals surface area (Å²) >= 11 is 0. The van der Waals surface area contributed by atoms with Crippen molar-refractivity contribution in [3.05, 3.63) is 0 Å². The van der Waals surface area contributed by atoms with E-state index in [0.29, 0.717) is 30.1 Å². The number of carbonyl (C=O) groups excluding carboxylic acids is 3. The molecule has 0 radical (unpaired) electrons. The molecule has 0 heterocycles. The van der Waals surface area contributed by atoms with E-state index in [1.54, 1.807) is 6.92 Å². The van der Waals surface area contributed by atoms with Crippen LogP contribution in [0.4, 0.5) is 0 Å². The third kappa shape index (κ3) is 3.14. The van der Waals surface area contributed by atoms with Gasteiger partial charge in [-0.3, -0.25) is 14.4 Å². The second kappa shape index (κ2) is 6.17. The maximum Gasteiger partial charge on any atom is 0.312 e. The topological polar surface area (TPSA) is 60.4 Å². The van der Waals surface area contributed by atoms with E-state index in [9.17, 15) is 14.4 Å². The molecule has 3 fully saturated rings. The van der Waals surface area contributed by atoms with Gasteiger partial charge in [0.15, 0.2) is 0 Å². The van der Waals surface area contributed by atoms with Crippen LogP contribution in [0.25, 0.3) is 0 Å². The van der Waals surface area contributed by atoms with Crippen LogP contribution in [0.5, 0.6) is 0 Å². The summed E-state index contributed by atoms with van der Waals surface area (Å²) in [6.07, 6.45) is 2.37. The number of esters is 1. The first-order valence-corrected chi connectivity index (χ1v) is 10.1. The fraction of sp³-hybridized carbons (Fsp3) is 0.864. The molecule has 146 valence electrons. The molecule has 0 N–H and O–H groups in total. The average molecular weight is 363 g/mol. The van der Waals surface area contributed by atoms with Gasteiger partial charge in [0.25, 0.3) is 0 Å². The van der Waals surface area contributed by atoms with Crippen molar-refractivity contribution in [3.8, 4) is 0 Å². The van der Waals surface area contributed by atoms with E-state index in [4.69, 9.17) is 4.74 Å². The number of carbonyl (C=O) groups is 3. The van der Waals surface area contributed by atoms with E-state index in [2.05, 4.69) is 6.92 Å². The van der Waals surface area contributed by atoms with Gasteiger partial charge in [-0.1, -0.05) is 6.92 Å². The standard InChI is InChI=1S/C22H34O4/c1-11-13-8-14(18-15(13)9-17(23)12(2)19(18)24)16(11)10-22(6,7)20(25)26-21(3,4)5/h11-16,18H,8-10H2,1-7H3.